The van der Waals surface area contributed by atoms with Gasteiger partial charge in [0.15, 0.2) is 11.6 Å². The molecule has 43 heavy (non-hydrogen) atoms. The smallest absolute Gasteiger partial charge is 0.229 e. The summed E-state index contributed by atoms with van der Waals surface area (Å²) >= 11 is 0. The van der Waals surface area contributed by atoms with Crippen LogP contribution in [0.2, 0.25) is 0 Å². The molecule has 1 saturated heterocycles. The van der Waals surface area contributed by atoms with E-state index in [0.29, 0.717) is 30.8 Å². The molecular weight excluding hydrogens is 556 g/mol. The first-order valence-electron chi connectivity index (χ1n) is 14.7. The van der Waals surface area contributed by atoms with E-state index in [1.165, 1.54) is 24.3 Å². The molecule has 1 saturated carbocycles. The molecule has 5 aliphatic rings. The normalized spacial score (nSPS) is 35.1. The Morgan fingerprint density at radius 2 is 1.86 bits per heavy atom. The highest BCUT2D eigenvalue weighted by atomic mass is 16.7. The van der Waals surface area contributed by atoms with Crippen LogP contribution in [-0.4, -0.2) is 80.5 Å². The van der Waals surface area contributed by atoms with Gasteiger partial charge in [0.1, 0.15) is 35.4 Å². The van der Waals surface area contributed by atoms with Crippen molar-refractivity contribution in [3.63, 3.8) is 0 Å². The Morgan fingerprint density at radius 3 is 2.56 bits per heavy atom. The number of aliphatic hydroxyl groups is 5. The number of dihydropyridines is 1. The molecule has 0 amide bonds. The zero-order valence-electron chi connectivity index (χ0n) is 23.9. The van der Waals surface area contributed by atoms with Crippen LogP contribution in [0.5, 0.6) is 5.75 Å². The van der Waals surface area contributed by atoms with Crippen LogP contribution in [0.1, 0.15) is 59.7 Å². The lowest BCUT2D eigenvalue weighted by Crippen LogP contribution is -2.69. The van der Waals surface area contributed by atoms with Crippen LogP contribution in [0.25, 0.3) is 0 Å². The van der Waals surface area contributed by atoms with Crippen molar-refractivity contribution in [2.24, 2.45) is 23.0 Å². The second kappa shape index (κ2) is 10.9. The van der Waals surface area contributed by atoms with E-state index in [0.717, 1.165) is 18.4 Å². The van der Waals surface area contributed by atoms with Crippen LogP contribution >= 0.6 is 0 Å². The topological polar surface area (TPSA) is 192 Å². The number of aliphatic hydroxyl groups excluding tert-OH is 4. The summed E-state index contributed by atoms with van der Waals surface area (Å²) in [7, 11) is 0. The predicted molar refractivity (Wildman–Crippen MR) is 154 cm³/mol. The maximum atomic E-state index is 13.7. The molecule has 11 heteroatoms. The van der Waals surface area contributed by atoms with Gasteiger partial charge in [0.05, 0.1) is 29.8 Å². The fourth-order valence-corrected chi connectivity index (χ4v) is 7.59. The van der Waals surface area contributed by atoms with Gasteiger partial charge in [0.25, 0.3) is 0 Å². The van der Waals surface area contributed by atoms with Gasteiger partial charge >= 0.3 is 0 Å². The fraction of sp³-hybridized carbons (Fsp3) is 0.500. The van der Waals surface area contributed by atoms with Crippen molar-refractivity contribution in [3.8, 4) is 5.75 Å². The Kier molecular flexibility index (Phi) is 7.50. The molecule has 0 aromatic heterocycles. The van der Waals surface area contributed by atoms with E-state index in [-0.39, 0.29) is 34.8 Å². The van der Waals surface area contributed by atoms with Crippen LogP contribution in [-0.2, 0) is 4.74 Å². The number of benzene rings is 1. The van der Waals surface area contributed by atoms with E-state index in [2.05, 4.69) is 5.32 Å². The number of nitrogens with one attached hydrogen (secondary N) is 1. The second-order valence-corrected chi connectivity index (χ2v) is 12.4. The van der Waals surface area contributed by atoms with Crippen molar-refractivity contribution in [2.75, 3.05) is 13.2 Å². The van der Waals surface area contributed by atoms with Crippen LogP contribution in [0.4, 0.5) is 0 Å². The third kappa shape index (κ3) is 4.79. The Morgan fingerprint density at radius 1 is 1.12 bits per heavy atom. The molecule has 7 atom stereocenters. The zero-order valence-corrected chi connectivity index (χ0v) is 23.9. The average Bonchev–Trinajstić information content (AvgIpc) is 3.45. The van der Waals surface area contributed by atoms with E-state index in [9.17, 15) is 35.1 Å². The zero-order chi connectivity index (χ0) is 30.7. The summed E-state index contributed by atoms with van der Waals surface area (Å²) in [5.41, 5.74) is 4.88. The molecule has 11 nitrogen and oxygen atoms in total. The number of fused-ring (bicyclic) bond motifs is 2. The van der Waals surface area contributed by atoms with Crippen molar-refractivity contribution in [1.29, 1.82) is 0 Å². The third-order valence-electron chi connectivity index (χ3n) is 9.72. The highest BCUT2D eigenvalue weighted by molar-refractivity contribution is 6.19. The van der Waals surface area contributed by atoms with Crippen molar-refractivity contribution in [3.05, 3.63) is 76.4 Å². The largest absolute Gasteiger partial charge is 0.511 e. The summed E-state index contributed by atoms with van der Waals surface area (Å²) < 4.78 is 11.8. The van der Waals surface area contributed by atoms with Gasteiger partial charge in [-0.15, -0.1) is 0 Å². The monoisotopic (exact) mass is 594 g/mol. The van der Waals surface area contributed by atoms with E-state index < -0.39 is 59.8 Å². The number of carbonyl (C=O) groups excluding carboxylic acids is 2. The summed E-state index contributed by atoms with van der Waals surface area (Å²) in [5.74, 6) is -2.68. The minimum atomic E-state index is -2.18. The molecule has 0 spiro atoms. The Labute approximate surface area is 249 Å². The molecule has 2 aliphatic heterocycles. The number of ether oxygens (including phenoxy) is 2. The number of nitrogens with two attached hydrogens (primary N) is 1. The first kappa shape index (κ1) is 29.6. The summed E-state index contributed by atoms with van der Waals surface area (Å²) in [6.07, 6.45) is 3.57. The third-order valence-corrected chi connectivity index (χ3v) is 9.72. The van der Waals surface area contributed by atoms with E-state index in [1.807, 2.05) is 12.2 Å². The number of Topliss-reactive ketones (excluding diaryl/α,β-unsaturated/α-hetero) is 2. The van der Waals surface area contributed by atoms with E-state index in [1.54, 1.807) is 13.0 Å². The number of ketones is 2. The molecule has 0 radical (unpaired) electrons. The van der Waals surface area contributed by atoms with Gasteiger partial charge in [-0.1, -0.05) is 42.7 Å². The van der Waals surface area contributed by atoms with Crippen LogP contribution in [0.15, 0.2) is 65.2 Å². The Bertz CT molecular complexity index is 1460. The number of hydrogen-bond donors (Lipinski definition) is 7. The van der Waals surface area contributed by atoms with Crippen molar-refractivity contribution in [1.82, 2.24) is 5.32 Å². The molecule has 7 unspecified atom stereocenters. The van der Waals surface area contributed by atoms with Crippen LogP contribution in [0.3, 0.4) is 0 Å². The minimum Gasteiger partial charge on any atom is -0.511 e. The first-order valence-corrected chi connectivity index (χ1v) is 14.7. The van der Waals surface area contributed by atoms with Crippen molar-refractivity contribution >= 4 is 11.6 Å². The lowest BCUT2D eigenvalue weighted by atomic mass is 9.66. The van der Waals surface area contributed by atoms with E-state index >= 15 is 0 Å². The fourth-order valence-electron chi connectivity index (χ4n) is 7.59. The highest BCUT2D eigenvalue weighted by Crippen LogP contribution is 2.53. The van der Waals surface area contributed by atoms with Gasteiger partial charge in [0, 0.05) is 12.1 Å². The first-order chi connectivity index (χ1) is 20.5. The van der Waals surface area contributed by atoms with Crippen molar-refractivity contribution < 1.29 is 44.6 Å². The molecular formula is C32H38N2O9. The number of rotatable bonds is 6. The molecule has 230 valence electrons. The number of hydrogen-bond acceptors (Lipinski definition) is 11. The number of allylic oxidation sites excluding steroid dienone is 6. The molecule has 0 bridgehead atoms. The number of carbonyl (C=O) groups is 2. The lowest BCUT2D eigenvalue weighted by molar-refractivity contribution is -0.319. The Balaban J connectivity index is 1.35. The van der Waals surface area contributed by atoms with Gasteiger partial charge in [-0.2, -0.15) is 0 Å². The SMILES string of the molecule is CC1=CC2C(=O)c3cccc(OC4OC(CO)C(O)C(O)(CC5(C6=CCNC(N)=C6)CCCC5)C4O)c3C(=O)C2C(O)=C1. The minimum absolute atomic E-state index is 0.0594. The quantitative estimate of drug-likeness (QED) is 0.253. The van der Waals surface area contributed by atoms with Crippen LogP contribution < -0.4 is 15.8 Å². The average molecular weight is 595 g/mol. The molecule has 6 rings (SSSR count). The summed E-state index contributed by atoms with van der Waals surface area (Å²) in [6.45, 7) is 1.56. The van der Waals surface area contributed by atoms with Gasteiger partial charge in [0.2, 0.25) is 6.29 Å². The van der Waals surface area contributed by atoms with Crippen LogP contribution in [0, 0.1) is 17.3 Å². The molecule has 1 aromatic rings. The molecule has 2 fully saturated rings. The molecule has 2 heterocycles. The van der Waals surface area contributed by atoms with Gasteiger partial charge in [-0.3, -0.25) is 9.59 Å². The predicted octanol–water partition coefficient (Wildman–Crippen LogP) is 1.53. The molecule has 8 N–H and O–H groups in total. The molecule has 3 aliphatic carbocycles. The van der Waals surface area contributed by atoms with Gasteiger partial charge < -0.3 is 46.1 Å². The summed E-state index contributed by atoms with van der Waals surface area (Å²) in [6, 6.07) is 4.47. The highest BCUT2D eigenvalue weighted by Gasteiger charge is 2.59. The maximum Gasteiger partial charge on any atom is 0.229 e. The van der Waals surface area contributed by atoms with Gasteiger partial charge in [-0.25, -0.2) is 0 Å². The standard InChI is InChI=1S/C32H38N2O9/c1-16-11-19-24(20(36)12-16)27(38)25-18(26(19)37)5-4-6-21(25)42-30-29(40)32(41,28(39)22(14-35)43-30)15-31(8-2-3-9-31)17-7-10-34-23(33)13-17/h4-7,11-13,19,22,24,28-30,34-36,39-41H,2-3,8-10,14-15,33H2,1H3. The molecule has 1 aromatic carbocycles. The Hall–Kier alpha value is -3.48. The summed E-state index contributed by atoms with van der Waals surface area (Å²) in [5, 5.41) is 58.7. The lowest BCUT2D eigenvalue weighted by Gasteiger charge is -2.51. The van der Waals surface area contributed by atoms with E-state index in [4.69, 9.17) is 15.2 Å². The summed E-state index contributed by atoms with van der Waals surface area (Å²) in [4.78, 5) is 27.2. The second-order valence-electron chi connectivity index (χ2n) is 12.4. The van der Waals surface area contributed by atoms with Crippen molar-refractivity contribution in [2.45, 2.75) is 69.2 Å². The maximum absolute atomic E-state index is 13.7. The van der Waals surface area contributed by atoms with Gasteiger partial charge in [-0.05, 0) is 55.4 Å².